The lowest BCUT2D eigenvalue weighted by Crippen LogP contribution is -2.51. The van der Waals surface area contributed by atoms with Crippen LogP contribution in [0.15, 0.2) is 18.6 Å². The normalized spacial score (nSPS) is 31.3. The summed E-state index contributed by atoms with van der Waals surface area (Å²) in [5.74, 6) is 3.16. The van der Waals surface area contributed by atoms with E-state index in [1.165, 1.54) is 38.5 Å². The first-order chi connectivity index (χ1) is 13.0. The second-order valence-electron chi connectivity index (χ2n) is 9.23. The summed E-state index contributed by atoms with van der Waals surface area (Å²) in [5, 5.41) is 7.67. The predicted molar refractivity (Wildman–Crippen MR) is 102 cm³/mol. The third-order valence-corrected chi connectivity index (χ3v) is 6.90. The van der Waals surface area contributed by atoms with Crippen molar-refractivity contribution in [2.75, 3.05) is 6.54 Å². The van der Waals surface area contributed by atoms with E-state index >= 15 is 0 Å². The molecule has 4 bridgehead atoms. The lowest BCUT2D eigenvalue weighted by Gasteiger charge is -2.56. The van der Waals surface area contributed by atoms with Gasteiger partial charge in [0.25, 0.3) is 5.91 Å². The summed E-state index contributed by atoms with van der Waals surface area (Å²) in [5.41, 5.74) is 2.66. The molecule has 0 aromatic carbocycles. The Morgan fingerprint density at radius 2 is 1.70 bits per heavy atom. The molecule has 1 amide bonds. The highest BCUT2D eigenvalue weighted by atomic mass is 16.1. The molecular weight excluding hydrogens is 338 g/mol. The van der Waals surface area contributed by atoms with Gasteiger partial charge in [0.1, 0.15) is 0 Å². The molecule has 0 aliphatic heterocycles. The Hall–Kier alpha value is -2.24. The number of hydrogen-bond acceptors (Lipinski definition) is 4. The van der Waals surface area contributed by atoms with Crippen LogP contribution in [0.2, 0.25) is 0 Å². The molecule has 0 saturated heterocycles. The van der Waals surface area contributed by atoms with Crippen molar-refractivity contribution < 1.29 is 4.79 Å². The van der Waals surface area contributed by atoms with Crippen molar-refractivity contribution in [2.24, 2.45) is 23.2 Å². The molecule has 0 spiro atoms. The van der Waals surface area contributed by atoms with Crippen LogP contribution in [0.4, 0.5) is 0 Å². The third kappa shape index (κ3) is 3.05. The standard InChI is InChI=1S/C21H27N5O/c1-13-9-22-20(23-10-13)26-11-18(14(2)25-26)19(27)24-12-21-6-15-3-16(7-21)5-17(4-15)8-21/h9-11,15-17H,3-8,12H2,1-2H3,(H,24,27). The molecule has 2 aromatic rings. The van der Waals surface area contributed by atoms with Crippen LogP contribution in [-0.4, -0.2) is 32.2 Å². The number of carbonyl (C=O) groups is 1. The van der Waals surface area contributed by atoms with Crippen molar-refractivity contribution >= 4 is 5.91 Å². The summed E-state index contributed by atoms with van der Waals surface area (Å²) >= 11 is 0. The Morgan fingerprint density at radius 3 is 2.30 bits per heavy atom. The minimum atomic E-state index is -0.0263. The van der Waals surface area contributed by atoms with E-state index < -0.39 is 0 Å². The maximum atomic E-state index is 12.9. The van der Waals surface area contributed by atoms with Gasteiger partial charge in [-0.05, 0) is 81.1 Å². The molecule has 4 aliphatic rings. The van der Waals surface area contributed by atoms with Gasteiger partial charge in [-0.15, -0.1) is 0 Å². The Kier molecular flexibility index (Phi) is 3.85. The maximum Gasteiger partial charge on any atom is 0.254 e. The average molecular weight is 365 g/mol. The number of carbonyl (C=O) groups excluding carboxylic acids is 1. The fourth-order valence-electron chi connectivity index (χ4n) is 6.16. The van der Waals surface area contributed by atoms with Crippen molar-refractivity contribution in [3.8, 4) is 5.95 Å². The molecule has 6 rings (SSSR count). The molecule has 27 heavy (non-hydrogen) atoms. The summed E-state index contributed by atoms with van der Waals surface area (Å²) in [4.78, 5) is 21.4. The van der Waals surface area contributed by atoms with Crippen LogP contribution in [0.1, 0.15) is 60.1 Å². The molecule has 0 radical (unpaired) electrons. The molecular formula is C21H27N5O. The fraction of sp³-hybridized carbons (Fsp3) is 0.619. The Balaban J connectivity index is 1.30. The number of amides is 1. The summed E-state index contributed by atoms with van der Waals surface area (Å²) in [6.07, 6.45) is 13.4. The molecule has 0 unspecified atom stereocenters. The highest BCUT2D eigenvalue weighted by molar-refractivity contribution is 5.95. The molecule has 1 N–H and O–H groups in total. The zero-order valence-electron chi connectivity index (χ0n) is 16.1. The average Bonchev–Trinajstić information content (AvgIpc) is 3.01. The lowest BCUT2D eigenvalue weighted by atomic mass is 9.49. The van der Waals surface area contributed by atoms with Gasteiger partial charge in [-0.2, -0.15) is 5.10 Å². The van der Waals surface area contributed by atoms with Gasteiger partial charge >= 0.3 is 0 Å². The van der Waals surface area contributed by atoms with Gasteiger partial charge in [0.05, 0.1) is 11.3 Å². The number of rotatable bonds is 4. The fourth-order valence-corrected chi connectivity index (χ4v) is 6.16. The van der Waals surface area contributed by atoms with Crippen LogP contribution >= 0.6 is 0 Å². The lowest BCUT2D eigenvalue weighted by molar-refractivity contribution is -0.0503. The van der Waals surface area contributed by atoms with Crippen molar-refractivity contribution in [1.29, 1.82) is 0 Å². The van der Waals surface area contributed by atoms with E-state index in [1.54, 1.807) is 23.3 Å². The van der Waals surface area contributed by atoms with Crippen molar-refractivity contribution in [3.05, 3.63) is 35.4 Å². The smallest absolute Gasteiger partial charge is 0.254 e. The van der Waals surface area contributed by atoms with Crippen LogP contribution in [-0.2, 0) is 0 Å². The molecule has 6 nitrogen and oxygen atoms in total. The number of aryl methyl sites for hydroxylation is 2. The van der Waals surface area contributed by atoms with Gasteiger partial charge < -0.3 is 5.32 Å². The van der Waals surface area contributed by atoms with Gasteiger partial charge in [0.15, 0.2) is 0 Å². The van der Waals surface area contributed by atoms with Crippen molar-refractivity contribution in [1.82, 2.24) is 25.1 Å². The zero-order chi connectivity index (χ0) is 18.6. The first-order valence-corrected chi connectivity index (χ1v) is 10.1. The predicted octanol–water partition coefficient (Wildman–Crippen LogP) is 3.23. The molecule has 142 valence electrons. The van der Waals surface area contributed by atoms with Crippen LogP contribution in [0.25, 0.3) is 5.95 Å². The molecule has 4 fully saturated rings. The topological polar surface area (TPSA) is 72.7 Å². The number of nitrogens with zero attached hydrogens (tertiary/aromatic N) is 4. The van der Waals surface area contributed by atoms with Gasteiger partial charge in [0.2, 0.25) is 5.95 Å². The summed E-state index contributed by atoms with van der Waals surface area (Å²) in [6, 6.07) is 0. The van der Waals surface area contributed by atoms with E-state index in [1.807, 2.05) is 13.8 Å². The quantitative estimate of drug-likeness (QED) is 0.903. The van der Waals surface area contributed by atoms with E-state index in [0.29, 0.717) is 22.6 Å². The van der Waals surface area contributed by atoms with E-state index in [4.69, 9.17) is 0 Å². The second kappa shape index (κ2) is 6.14. The van der Waals surface area contributed by atoms with Crippen molar-refractivity contribution in [2.45, 2.75) is 52.4 Å². The molecule has 6 heteroatoms. The SMILES string of the molecule is Cc1cnc(-n2cc(C(=O)NCC34CC5CC(CC(C5)C3)C4)c(C)n2)nc1. The minimum absolute atomic E-state index is 0.0263. The largest absolute Gasteiger partial charge is 0.351 e. The molecule has 2 aromatic heterocycles. The monoisotopic (exact) mass is 365 g/mol. The number of aromatic nitrogens is 4. The van der Waals surface area contributed by atoms with Gasteiger partial charge in [0, 0.05) is 25.1 Å². The Labute approximate surface area is 159 Å². The first kappa shape index (κ1) is 16.9. The van der Waals surface area contributed by atoms with Crippen molar-refractivity contribution in [3.63, 3.8) is 0 Å². The van der Waals surface area contributed by atoms with Crippen LogP contribution < -0.4 is 5.32 Å². The van der Waals surface area contributed by atoms with E-state index in [9.17, 15) is 4.79 Å². The van der Waals surface area contributed by atoms with Gasteiger partial charge in [-0.25, -0.2) is 14.6 Å². The van der Waals surface area contributed by atoms with Gasteiger partial charge in [-0.1, -0.05) is 0 Å². The molecule has 4 saturated carbocycles. The summed E-state index contributed by atoms with van der Waals surface area (Å²) < 4.78 is 1.59. The highest BCUT2D eigenvalue weighted by Crippen LogP contribution is 2.59. The maximum absolute atomic E-state index is 12.9. The first-order valence-electron chi connectivity index (χ1n) is 10.1. The van der Waals surface area contributed by atoms with Crippen LogP contribution in [0.3, 0.4) is 0 Å². The van der Waals surface area contributed by atoms with Crippen LogP contribution in [0.5, 0.6) is 0 Å². The Morgan fingerprint density at radius 1 is 1.11 bits per heavy atom. The zero-order valence-corrected chi connectivity index (χ0v) is 16.1. The van der Waals surface area contributed by atoms with E-state index in [-0.39, 0.29) is 5.91 Å². The summed E-state index contributed by atoms with van der Waals surface area (Å²) in [6.45, 7) is 4.62. The molecule has 0 atom stereocenters. The highest BCUT2D eigenvalue weighted by Gasteiger charge is 2.50. The second-order valence-corrected chi connectivity index (χ2v) is 9.23. The van der Waals surface area contributed by atoms with Gasteiger partial charge in [-0.3, -0.25) is 4.79 Å². The van der Waals surface area contributed by atoms with E-state index in [2.05, 4.69) is 20.4 Å². The summed E-state index contributed by atoms with van der Waals surface area (Å²) in [7, 11) is 0. The molecule has 4 aliphatic carbocycles. The number of nitrogens with one attached hydrogen (secondary N) is 1. The Bertz CT molecular complexity index is 834. The number of hydrogen-bond donors (Lipinski definition) is 1. The molecule has 2 heterocycles. The van der Waals surface area contributed by atoms with Crippen LogP contribution in [0, 0.1) is 37.0 Å². The third-order valence-electron chi connectivity index (χ3n) is 6.90. The van der Waals surface area contributed by atoms with E-state index in [0.717, 1.165) is 29.9 Å². The minimum Gasteiger partial charge on any atom is -0.351 e.